The van der Waals surface area contributed by atoms with E-state index in [0.717, 1.165) is 10.6 Å². The molecule has 0 saturated heterocycles. The number of benzene rings is 2. The molecule has 1 atom stereocenters. The van der Waals surface area contributed by atoms with E-state index in [1.165, 1.54) is 30.3 Å². The summed E-state index contributed by atoms with van der Waals surface area (Å²) in [6.07, 6.45) is -6.58. The summed E-state index contributed by atoms with van der Waals surface area (Å²) >= 11 is 0. The van der Waals surface area contributed by atoms with Gasteiger partial charge in [0, 0.05) is 22.9 Å². The normalized spacial score (nSPS) is 21.9. The molecule has 6 nitrogen and oxygen atoms in total. The van der Waals surface area contributed by atoms with Gasteiger partial charge in [-0.2, -0.15) is 0 Å². The highest BCUT2D eigenvalue weighted by Gasteiger charge is 2.52. The second-order valence-electron chi connectivity index (χ2n) is 10.2. The number of hydrogen-bond donors (Lipinski definition) is 2. The molecular formula is C28H30F3NO5. The number of Topliss-reactive ketones (excluding diaryl/α,β-unsaturated/α-hetero) is 1. The number of carbonyl (C=O) groups is 1. The number of fused-ring (bicyclic) bond motifs is 2. The number of rotatable bonds is 9. The van der Waals surface area contributed by atoms with Crippen LogP contribution in [0.4, 0.5) is 13.2 Å². The average Bonchev–Trinajstić information content (AvgIpc) is 3.50. The van der Waals surface area contributed by atoms with E-state index >= 15 is 4.39 Å². The number of hydrogen-bond acceptors (Lipinski definition) is 5. The maximum absolute atomic E-state index is 15.6. The Morgan fingerprint density at radius 1 is 1.22 bits per heavy atom. The molecular weight excluding hydrogens is 487 g/mol. The Hall–Kier alpha value is -3.04. The van der Waals surface area contributed by atoms with Gasteiger partial charge in [-0.1, -0.05) is 26.8 Å². The molecule has 0 bridgehead atoms. The number of alkyl halides is 2. The number of ketones is 1. The van der Waals surface area contributed by atoms with Gasteiger partial charge >= 0.3 is 6.29 Å². The number of carbonyl (C=O) groups excluding carboxylic acids is 1. The highest BCUT2D eigenvalue weighted by Crippen LogP contribution is 2.52. The van der Waals surface area contributed by atoms with E-state index in [0.29, 0.717) is 24.8 Å². The van der Waals surface area contributed by atoms with Crippen LogP contribution in [0, 0.1) is 5.82 Å². The molecule has 0 amide bonds. The van der Waals surface area contributed by atoms with Crippen LogP contribution in [0.3, 0.4) is 0 Å². The van der Waals surface area contributed by atoms with E-state index in [9.17, 15) is 23.8 Å². The van der Waals surface area contributed by atoms with Crippen LogP contribution in [-0.4, -0.2) is 39.5 Å². The molecule has 5 rings (SSSR count). The molecule has 9 heteroatoms. The van der Waals surface area contributed by atoms with Gasteiger partial charge in [-0.25, -0.2) is 4.39 Å². The third-order valence-electron chi connectivity index (χ3n) is 7.46. The predicted molar refractivity (Wildman–Crippen MR) is 131 cm³/mol. The third kappa shape index (κ3) is 4.48. The van der Waals surface area contributed by atoms with Gasteiger partial charge in [-0.05, 0) is 60.7 Å². The van der Waals surface area contributed by atoms with Crippen LogP contribution in [0.15, 0.2) is 36.4 Å². The molecule has 0 unspecified atom stereocenters. The lowest BCUT2D eigenvalue weighted by Gasteiger charge is -2.26. The number of ether oxygens (including phenoxy) is 2. The molecule has 0 radical (unpaired) electrons. The maximum atomic E-state index is 15.6. The van der Waals surface area contributed by atoms with E-state index in [1.54, 1.807) is 13.8 Å². The summed E-state index contributed by atoms with van der Waals surface area (Å²) in [6.45, 7) is -1.64. The van der Waals surface area contributed by atoms with Crippen LogP contribution in [0.5, 0.6) is 11.5 Å². The lowest BCUT2D eigenvalue weighted by atomic mass is 9.86. The standard InChI is InChI=1S/C28H30F3NO5/c1-4-26(2,3)24-10-17-9-16(20(29)13-21(17)32(24)14-19(34)15-33)11-25(35)27(7-8-27)18-5-6-22-23(12-18)37-28(30,31)36-22/h5-6,9-10,12-13,19,33-34H,4,7-8,11,14-15H2,1-3H3/t19-/m1/s1/i14D2,15D2,19D. The maximum Gasteiger partial charge on any atom is 0.586 e. The van der Waals surface area contributed by atoms with Gasteiger partial charge in [0.15, 0.2) is 11.5 Å². The Balaban J connectivity index is 1.55. The summed E-state index contributed by atoms with van der Waals surface area (Å²) in [7, 11) is 0. The second-order valence-corrected chi connectivity index (χ2v) is 10.2. The lowest BCUT2D eigenvalue weighted by Crippen LogP contribution is -2.26. The summed E-state index contributed by atoms with van der Waals surface area (Å²) in [6, 6.07) is 7.95. The third-order valence-corrected chi connectivity index (χ3v) is 7.46. The molecule has 0 spiro atoms. The zero-order valence-corrected chi connectivity index (χ0v) is 20.5. The topological polar surface area (TPSA) is 80.9 Å². The predicted octanol–water partition coefficient (Wildman–Crippen LogP) is 4.99. The van der Waals surface area contributed by atoms with Gasteiger partial charge in [-0.15, -0.1) is 8.78 Å². The zero-order valence-electron chi connectivity index (χ0n) is 25.5. The summed E-state index contributed by atoms with van der Waals surface area (Å²) < 4.78 is 92.5. The fourth-order valence-corrected chi connectivity index (χ4v) is 4.79. The van der Waals surface area contributed by atoms with E-state index < -0.39 is 42.1 Å². The summed E-state index contributed by atoms with van der Waals surface area (Å²) in [5, 5.41) is 20.7. The van der Waals surface area contributed by atoms with Gasteiger partial charge in [0.25, 0.3) is 0 Å². The monoisotopic (exact) mass is 522 g/mol. The van der Waals surface area contributed by atoms with Gasteiger partial charge in [0.05, 0.1) is 36.9 Å². The summed E-state index contributed by atoms with van der Waals surface area (Å²) in [4.78, 5) is 13.5. The molecule has 3 aromatic rings. The molecule has 2 aromatic carbocycles. The van der Waals surface area contributed by atoms with Crippen LogP contribution in [0.2, 0.25) is 0 Å². The number of aliphatic hydroxyl groups is 2. The Bertz CT molecular complexity index is 1590. The van der Waals surface area contributed by atoms with Crippen LogP contribution >= 0.6 is 0 Å². The van der Waals surface area contributed by atoms with Gasteiger partial charge in [-0.3, -0.25) is 4.79 Å². The Labute approximate surface area is 219 Å². The largest absolute Gasteiger partial charge is 0.586 e. The molecule has 1 aliphatic carbocycles. The Morgan fingerprint density at radius 2 is 1.92 bits per heavy atom. The Kier molecular flexibility index (Phi) is 4.74. The van der Waals surface area contributed by atoms with Crippen molar-refractivity contribution in [1.29, 1.82) is 0 Å². The second kappa shape index (κ2) is 8.77. The van der Waals surface area contributed by atoms with Crippen LogP contribution in [0.1, 0.15) is 63.7 Å². The van der Waals surface area contributed by atoms with Crippen molar-refractivity contribution in [2.45, 2.75) is 76.2 Å². The highest BCUT2D eigenvalue weighted by molar-refractivity contribution is 5.95. The van der Waals surface area contributed by atoms with Crippen molar-refractivity contribution in [2.24, 2.45) is 0 Å². The molecule has 2 heterocycles. The number of halogens is 3. The van der Waals surface area contributed by atoms with Gasteiger partial charge in [0.1, 0.15) is 11.6 Å². The smallest absolute Gasteiger partial charge is 0.395 e. The van der Waals surface area contributed by atoms with Crippen LogP contribution < -0.4 is 9.47 Å². The van der Waals surface area contributed by atoms with Crippen molar-refractivity contribution >= 4 is 16.7 Å². The first-order valence-electron chi connectivity index (χ1n) is 14.4. The quantitative estimate of drug-likeness (QED) is 0.414. The molecule has 2 aliphatic rings. The summed E-state index contributed by atoms with van der Waals surface area (Å²) in [5.74, 6) is -1.60. The van der Waals surface area contributed by atoms with Crippen molar-refractivity contribution in [3.05, 3.63) is 59.0 Å². The minimum absolute atomic E-state index is 0.0109. The number of nitrogens with zero attached hydrogens (tertiary/aromatic N) is 1. The molecule has 2 N–H and O–H groups in total. The average molecular weight is 523 g/mol. The van der Waals surface area contributed by atoms with Crippen molar-refractivity contribution in [1.82, 2.24) is 4.57 Å². The molecule has 1 saturated carbocycles. The van der Waals surface area contributed by atoms with E-state index in [1.807, 2.05) is 6.92 Å². The van der Waals surface area contributed by atoms with Crippen LogP contribution in [0.25, 0.3) is 10.9 Å². The highest BCUT2D eigenvalue weighted by atomic mass is 19.3. The van der Waals surface area contributed by atoms with Crippen molar-refractivity contribution in [3.8, 4) is 11.5 Å². The van der Waals surface area contributed by atoms with Crippen LogP contribution in [-0.2, 0) is 28.5 Å². The molecule has 1 aliphatic heterocycles. The molecule has 1 fully saturated rings. The minimum Gasteiger partial charge on any atom is -0.395 e. The van der Waals surface area contributed by atoms with Crippen molar-refractivity contribution < 1.29 is 44.5 Å². The lowest BCUT2D eigenvalue weighted by molar-refractivity contribution is -0.286. The first kappa shape index (κ1) is 20.0. The molecule has 1 aromatic heterocycles. The van der Waals surface area contributed by atoms with Crippen molar-refractivity contribution in [3.63, 3.8) is 0 Å². The minimum atomic E-state index is -3.81. The molecule has 198 valence electrons. The summed E-state index contributed by atoms with van der Waals surface area (Å²) in [5.41, 5.74) is -1.30. The van der Waals surface area contributed by atoms with E-state index in [4.69, 9.17) is 6.85 Å². The van der Waals surface area contributed by atoms with Crippen molar-refractivity contribution in [2.75, 3.05) is 6.56 Å². The first-order chi connectivity index (χ1) is 19.2. The number of aromatic nitrogens is 1. The Morgan fingerprint density at radius 3 is 2.57 bits per heavy atom. The van der Waals surface area contributed by atoms with E-state index in [2.05, 4.69) is 9.47 Å². The van der Waals surface area contributed by atoms with Gasteiger partial charge in [0.2, 0.25) is 0 Å². The first-order valence-corrected chi connectivity index (χ1v) is 11.9. The van der Waals surface area contributed by atoms with E-state index in [-0.39, 0.29) is 45.9 Å². The van der Waals surface area contributed by atoms with Gasteiger partial charge < -0.3 is 24.3 Å². The SMILES string of the molecule is [2H]C([2H])(O)[C@]([2H])(O)C([2H])([2H])n1c(C(C)(C)CC)cc2cc(CC(=O)C3(c4ccc5c(c4)OC(F)(F)O5)CC3)c(F)cc21. The molecule has 37 heavy (non-hydrogen) atoms. The fraction of sp³-hybridized carbons (Fsp3) is 0.464. The fourth-order valence-electron chi connectivity index (χ4n) is 4.79. The zero-order chi connectivity index (χ0) is 31.3.